The van der Waals surface area contributed by atoms with E-state index in [2.05, 4.69) is 15.6 Å². The standard InChI is InChI=1S/C22H17N3O/c1-16-14-24-22(25(16)15-20-6-3-2-5-19(20)13-23)18-10-8-17(9-11-18)21-7-4-12-26-21/h2-12,14H,15H2,1H3. The first kappa shape index (κ1) is 15.9. The van der Waals surface area contributed by atoms with Crippen molar-refractivity contribution in [2.45, 2.75) is 13.5 Å². The van der Waals surface area contributed by atoms with Gasteiger partial charge in [-0.1, -0.05) is 42.5 Å². The molecular formula is C22H17N3O. The van der Waals surface area contributed by atoms with Crippen molar-refractivity contribution in [1.29, 1.82) is 5.26 Å². The summed E-state index contributed by atoms with van der Waals surface area (Å²) in [5.74, 6) is 1.74. The molecule has 0 amide bonds. The van der Waals surface area contributed by atoms with Crippen molar-refractivity contribution in [1.82, 2.24) is 9.55 Å². The van der Waals surface area contributed by atoms with Crippen LogP contribution in [-0.4, -0.2) is 9.55 Å². The molecule has 0 spiro atoms. The van der Waals surface area contributed by atoms with Gasteiger partial charge in [-0.3, -0.25) is 0 Å². The van der Waals surface area contributed by atoms with Gasteiger partial charge >= 0.3 is 0 Å². The summed E-state index contributed by atoms with van der Waals surface area (Å²) in [4.78, 5) is 4.59. The minimum atomic E-state index is 0.616. The highest BCUT2D eigenvalue weighted by atomic mass is 16.3. The van der Waals surface area contributed by atoms with Crippen LogP contribution in [0.25, 0.3) is 22.7 Å². The SMILES string of the molecule is Cc1cnc(-c2ccc(-c3ccco3)cc2)n1Cc1ccccc1C#N. The quantitative estimate of drug-likeness (QED) is 0.523. The molecule has 0 saturated heterocycles. The number of hydrogen-bond donors (Lipinski definition) is 0. The Labute approximate surface area is 152 Å². The number of furan rings is 1. The zero-order chi connectivity index (χ0) is 17.9. The van der Waals surface area contributed by atoms with Gasteiger partial charge in [-0.25, -0.2) is 4.98 Å². The van der Waals surface area contributed by atoms with Crippen LogP contribution in [0.3, 0.4) is 0 Å². The van der Waals surface area contributed by atoms with Crippen LogP contribution in [0.5, 0.6) is 0 Å². The Kier molecular flexibility index (Phi) is 4.12. The van der Waals surface area contributed by atoms with Crippen LogP contribution in [0, 0.1) is 18.3 Å². The molecule has 2 aromatic carbocycles. The van der Waals surface area contributed by atoms with Crippen LogP contribution in [0.1, 0.15) is 16.8 Å². The van der Waals surface area contributed by atoms with Gasteiger partial charge < -0.3 is 8.98 Å². The highest BCUT2D eigenvalue weighted by Crippen LogP contribution is 2.26. The predicted molar refractivity (Wildman–Crippen MR) is 100 cm³/mol. The van der Waals surface area contributed by atoms with Gasteiger partial charge in [0.25, 0.3) is 0 Å². The Morgan fingerprint density at radius 2 is 1.77 bits per heavy atom. The molecule has 0 atom stereocenters. The maximum Gasteiger partial charge on any atom is 0.140 e. The predicted octanol–water partition coefficient (Wildman–Crippen LogP) is 5.04. The summed E-state index contributed by atoms with van der Waals surface area (Å²) in [6, 6.07) is 21.9. The fourth-order valence-corrected chi connectivity index (χ4v) is 3.05. The Morgan fingerprint density at radius 1 is 1.00 bits per heavy atom. The topological polar surface area (TPSA) is 54.8 Å². The Bertz CT molecular complexity index is 1070. The molecule has 0 radical (unpaired) electrons. The number of hydrogen-bond acceptors (Lipinski definition) is 3. The molecule has 0 aliphatic carbocycles. The molecule has 0 aliphatic rings. The van der Waals surface area contributed by atoms with Gasteiger partial charge in [0.05, 0.1) is 24.4 Å². The number of aromatic nitrogens is 2. The van der Waals surface area contributed by atoms with Crippen LogP contribution in [-0.2, 0) is 6.54 Å². The lowest BCUT2D eigenvalue weighted by molar-refractivity contribution is 0.582. The Balaban J connectivity index is 1.69. The van der Waals surface area contributed by atoms with Gasteiger partial charge in [0.2, 0.25) is 0 Å². The summed E-state index contributed by atoms with van der Waals surface area (Å²) < 4.78 is 7.58. The molecular weight excluding hydrogens is 322 g/mol. The highest BCUT2D eigenvalue weighted by molar-refractivity contribution is 5.64. The molecule has 0 saturated carbocycles. The molecule has 0 N–H and O–H groups in total. The van der Waals surface area contributed by atoms with Crippen molar-refractivity contribution in [2.24, 2.45) is 0 Å². The van der Waals surface area contributed by atoms with E-state index < -0.39 is 0 Å². The van der Waals surface area contributed by atoms with Crippen molar-refractivity contribution in [3.63, 3.8) is 0 Å². The summed E-state index contributed by atoms with van der Waals surface area (Å²) >= 11 is 0. The Hall–Kier alpha value is -3.58. The van der Waals surface area contributed by atoms with E-state index >= 15 is 0 Å². The van der Waals surface area contributed by atoms with E-state index in [-0.39, 0.29) is 0 Å². The maximum atomic E-state index is 9.34. The third-order valence-corrected chi connectivity index (χ3v) is 4.47. The zero-order valence-electron chi connectivity index (χ0n) is 14.4. The van der Waals surface area contributed by atoms with Crippen LogP contribution in [0.2, 0.25) is 0 Å². The lowest BCUT2D eigenvalue weighted by Gasteiger charge is -2.12. The largest absolute Gasteiger partial charge is 0.464 e. The van der Waals surface area contributed by atoms with E-state index in [4.69, 9.17) is 4.42 Å². The molecule has 0 unspecified atom stereocenters. The van der Waals surface area contributed by atoms with E-state index in [0.717, 1.165) is 34.0 Å². The first-order valence-corrected chi connectivity index (χ1v) is 8.40. The number of benzene rings is 2. The summed E-state index contributed by atoms with van der Waals surface area (Å²) in [5, 5.41) is 9.34. The average molecular weight is 339 g/mol. The second-order valence-electron chi connectivity index (χ2n) is 6.13. The summed E-state index contributed by atoms with van der Waals surface area (Å²) in [5.41, 5.74) is 4.80. The third-order valence-electron chi connectivity index (χ3n) is 4.47. The first-order valence-electron chi connectivity index (χ1n) is 8.40. The number of aryl methyl sites for hydroxylation is 1. The minimum Gasteiger partial charge on any atom is -0.464 e. The lowest BCUT2D eigenvalue weighted by atomic mass is 10.1. The lowest BCUT2D eigenvalue weighted by Crippen LogP contribution is -2.05. The van der Waals surface area contributed by atoms with Crippen molar-refractivity contribution in [3.05, 3.63) is 89.9 Å². The fraction of sp³-hybridized carbons (Fsp3) is 0.0909. The summed E-state index contributed by atoms with van der Waals surface area (Å²) in [7, 11) is 0. The number of rotatable bonds is 4. The molecule has 4 heteroatoms. The van der Waals surface area contributed by atoms with Crippen LogP contribution >= 0.6 is 0 Å². The van der Waals surface area contributed by atoms with Crippen LogP contribution in [0.15, 0.2) is 77.5 Å². The van der Waals surface area contributed by atoms with Crippen molar-refractivity contribution in [3.8, 4) is 28.8 Å². The van der Waals surface area contributed by atoms with E-state index in [0.29, 0.717) is 12.1 Å². The molecule has 126 valence electrons. The second-order valence-corrected chi connectivity index (χ2v) is 6.13. The molecule has 4 aromatic rings. The molecule has 2 heterocycles. The smallest absolute Gasteiger partial charge is 0.140 e. The fourth-order valence-electron chi connectivity index (χ4n) is 3.05. The van der Waals surface area contributed by atoms with Gasteiger partial charge in [-0.05, 0) is 30.7 Å². The molecule has 0 aliphatic heterocycles. The molecule has 4 rings (SSSR count). The van der Waals surface area contributed by atoms with E-state index in [1.165, 1.54) is 0 Å². The minimum absolute atomic E-state index is 0.616. The van der Waals surface area contributed by atoms with Crippen molar-refractivity contribution < 1.29 is 4.42 Å². The van der Waals surface area contributed by atoms with Crippen molar-refractivity contribution >= 4 is 0 Å². The second kappa shape index (κ2) is 6.73. The van der Waals surface area contributed by atoms with Crippen LogP contribution < -0.4 is 0 Å². The number of imidazole rings is 1. The third kappa shape index (κ3) is 2.91. The molecule has 0 bridgehead atoms. The monoisotopic (exact) mass is 339 g/mol. The molecule has 2 aromatic heterocycles. The van der Waals surface area contributed by atoms with Gasteiger partial charge in [-0.15, -0.1) is 0 Å². The van der Waals surface area contributed by atoms with Gasteiger partial charge in [0.15, 0.2) is 0 Å². The van der Waals surface area contributed by atoms with Crippen LogP contribution in [0.4, 0.5) is 0 Å². The molecule has 0 fully saturated rings. The van der Waals surface area contributed by atoms with Crippen molar-refractivity contribution in [2.75, 3.05) is 0 Å². The summed E-state index contributed by atoms with van der Waals surface area (Å²) in [6.45, 7) is 2.65. The zero-order valence-corrected chi connectivity index (χ0v) is 14.4. The number of nitrogens with zero attached hydrogens (tertiary/aromatic N) is 3. The van der Waals surface area contributed by atoms with E-state index in [9.17, 15) is 5.26 Å². The molecule has 26 heavy (non-hydrogen) atoms. The van der Waals surface area contributed by atoms with Gasteiger partial charge in [0.1, 0.15) is 11.6 Å². The highest BCUT2D eigenvalue weighted by Gasteiger charge is 2.12. The first-order chi connectivity index (χ1) is 12.8. The van der Waals surface area contributed by atoms with Gasteiger partial charge in [0, 0.05) is 23.0 Å². The average Bonchev–Trinajstić information content (AvgIpc) is 3.33. The maximum absolute atomic E-state index is 9.34. The summed E-state index contributed by atoms with van der Waals surface area (Å²) in [6.07, 6.45) is 3.54. The van der Waals surface area contributed by atoms with E-state index in [1.54, 1.807) is 6.26 Å². The number of nitriles is 1. The Morgan fingerprint density at radius 3 is 2.50 bits per heavy atom. The normalized spacial score (nSPS) is 10.6. The molecule has 4 nitrogen and oxygen atoms in total. The van der Waals surface area contributed by atoms with Gasteiger partial charge in [-0.2, -0.15) is 5.26 Å². The van der Waals surface area contributed by atoms with E-state index in [1.807, 2.05) is 73.8 Å².